The zero-order chi connectivity index (χ0) is 17.1. The molecule has 0 saturated carbocycles. The molecule has 1 aromatic carbocycles. The Bertz CT molecular complexity index is 727. The molecule has 0 aliphatic carbocycles. The molecular weight excluding hydrogens is 316 g/mol. The molecule has 1 aromatic heterocycles. The minimum absolute atomic E-state index is 0.522. The highest BCUT2D eigenvalue weighted by Gasteiger charge is 2.12. The summed E-state index contributed by atoms with van der Waals surface area (Å²) in [5.41, 5.74) is 5.58. The fraction of sp³-hybridized carbons (Fsp3) is 0.500. The van der Waals surface area contributed by atoms with Crippen molar-refractivity contribution in [2.75, 3.05) is 6.61 Å². The van der Waals surface area contributed by atoms with Gasteiger partial charge in [-0.15, -0.1) is 5.54 Å². The lowest BCUT2D eigenvalue weighted by molar-refractivity contribution is 0.0817. The second kappa shape index (κ2) is 7.04. The van der Waals surface area contributed by atoms with Crippen molar-refractivity contribution in [3.8, 4) is 11.5 Å². The van der Waals surface area contributed by atoms with Crippen molar-refractivity contribution in [1.82, 2.24) is 9.78 Å². The van der Waals surface area contributed by atoms with Crippen LogP contribution < -0.4 is 0 Å². The number of hydrogen-bond acceptors (Lipinski definition) is 2. The molecule has 3 nitrogen and oxygen atoms in total. The van der Waals surface area contributed by atoms with E-state index in [2.05, 4.69) is 74.0 Å². The van der Waals surface area contributed by atoms with Gasteiger partial charge >= 0.3 is 0 Å². The molecule has 0 N–H and O–H groups in total. The molecule has 1 heterocycles. The fourth-order valence-corrected chi connectivity index (χ4v) is 3.33. The standard InChI is InChI=1S/C18H28N2OSi2/c1-22(2,3)11-9-16-7-8-18-17(13-16)14-19-20(18)15-21-10-12-23(4,5)6/h7-8,13-14H,10,12,15H2,1-6H3. The summed E-state index contributed by atoms with van der Waals surface area (Å²) in [5.74, 6) is 3.30. The molecule has 0 radical (unpaired) electrons. The van der Waals surface area contributed by atoms with E-state index in [1.165, 1.54) is 6.04 Å². The molecule has 0 aliphatic rings. The Morgan fingerprint density at radius 2 is 1.87 bits per heavy atom. The summed E-state index contributed by atoms with van der Waals surface area (Å²) in [6.07, 6.45) is 1.90. The normalized spacial score (nSPS) is 12.3. The molecule has 2 aromatic rings. The van der Waals surface area contributed by atoms with Crippen LogP contribution in [-0.4, -0.2) is 32.5 Å². The summed E-state index contributed by atoms with van der Waals surface area (Å²) in [4.78, 5) is 0. The Morgan fingerprint density at radius 3 is 2.52 bits per heavy atom. The Kier molecular flexibility index (Phi) is 5.50. The first-order valence-corrected chi connectivity index (χ1v) is 15.4. The molecule has 0 atom stereocenters. The maximum absolute atomic E-state index is 5.80. The van der Waals surface area contributed by atoms with Crippen LogP contribution in [0.1, 0.15) is 5.56 Å². The van der Waals surface area contributed by atoms with Gasteiger partial charge in [0.15, 0.2) is 0 Å². The Morgan fingerprint density at radius 1 is 1.13 bits per heavy atom. The molecule has 0 aliphatic heterocycles. The molecule has 23 heavy (non-hydrogen) atoms. The number of rotatable bonds is 5. The number of benzene rings is 1. The van der Waals surface area contributed by atoms with Gasteiger partial charge in [0.1, 0.15) is 14.8 Å². The van der Waals surface area contributed by atoms with Gasteiger partial charge < -0.3 is 4.74 Å². The van der Waals surface area contributed by atoms with Crippen molar-refractivity contribution in [2.45, 2.75) is 52.1 Å². The summed E-state index contributed by atoms with van der Waals surface area (Å²) >= 11 is 0. The number of nitrogens with zero attached hydrogens (tertiary/aromatic N) is 2. The van der Waals surface area contributed by atoms with Gasteiger partial charge in [-0.25, -0.2) is 4.68 Å². The predicted octanol–water partition coefficient (Wildman–Crippen LogP) is 4.58. The van der Waals surface area contributed by atoms with E-state index in [-0.39, 0.29) is 0 Å². The molecule has 5 heteroatoms. The van der Waals surface area contributed by atoms with E-state index >= 15 is 0 Å². The van der Waals surface area contributed by atoms with E-state index in [0.29, 0.717) is 6.73 Å². The van der Waals surface area contributed by atoms with Crippen LogP contribution in [0.25, 0.3) is 10.9 Å². The Balaban J connectivity index is 2.05. The van der Waals surface area contributed by atoms with Gasteiger partial charge in [0.25, 0.3) is 0 Å². The molecular formula is C18H28N2OSi2. The average molecular weight is 345 g/mol. The lowest BCUT2D eigenvalue weighted by Gasteiger charge is -2.15. The highest BCUT2D eigenvalue weighted by Crippen LogP contribution is 2.16. The summed E-state index contributed by atoms with van der Waals surface area (Å²) in [5, 5.41) is 5.57. The SMILES string of the molecule is C[Si](C)(C)C#Cc1ccc2c(cnn2COCC[Si](C)(C)C)c1. The van der Waals surface area contributed by atoms with E-state index < -0.39 is 16.1 Å². The lowest BCUT2D eigenvalue weighted by atomic mass is 10.2. The zero-order valence-corrected chi connectivity index (χ0v) is 17.2. The summed E-state index contributed by atoms with van der Waals surface area (Å²) in [7, 11) is -2.37. The topological polar surface area (TPSA) is 27.1 Å². The van der Waals surface area contributed by atoms with Gasteiger partial charge in [-0.3, -0.25) is 0 Å². The van der Waals surface area contributed by atoms with Gasteiger partial charge in [-0.05, 0) is 24.2 Å². The fourth-order valence-electron chi connectivity index (χ4n) is 2.06. The molecule has 0 bridgehead atoms. The summed E-state index contributed by atoms with van der Waals surface area (Å²) in [6, 6.07) is 7.48. The van der Waals surface area contributed by atoms with E-state index in [0.717, 1.165) is 23.1 Å². The predicted molar refractivity (Wildman–Crippen MR) is 104 cm³/mol. The molecule has 0 fully saturated rings. The summed E-state index contributed by atoms with van der Waals surface area (Å²) < 4.78 is 7.72. The van der Waals surface area contributed by atoms with Crippen LogP contribution in [0, 0.1) is 11.5 Å². The summed E-state index contributed by atoms with van der Waals surface area (Å²) in [6.45, 7) is 15.2. The minimum atomic E-state index is -1.34. The van der Waals surface area contributed by atoms with Crippen molar-refractivity contribution in [2.24, 2.45) is 0 Å². The van der Waals surface area contributed by atoms with Crippen LogP contribution in [0.15, 0.2) is 24.4 Å². The molecule has 0 saturated heterocycles. The van der Waals surface area contributed by atoms with Crippen LogP contribution in [0.3, 0.4) is 0 Å². The highest BCUT2D eigenvalue weighted by molar-refractivity contribution is 6.83. The van der Waals surface area contributed by atoms with Crippen LogP contribution in [0.5, 0.6) is 0 Å². The number of ether oxygens (including phenoxy) is 1. The van der Waals surface area contributed by atoms with Gasteiger partial charge in [-0.2, -0.15) is 5.10 Å². The van der Waals surface area contributed by atoms with Crippen molar-refractivity contribution in [3.63, 3.8) is 0 Å². The smallest absolute Gasteiger partial charge is 0.139 e. The van der Waals surface area contributed by atoms with E-state index in [1.54, 1.807) is 0 Å². The molecule has 124 valence electrons. The van der Waals surface area contributed by atoms with E-state index in [4.69, 9.17) is 4.74 Å². The number of fused-ring (bicyclic) bond motifs is 1. The zero-order valence-electron chi connectivity index (χ0n) is 15.2. The second-order valence-corrected chi connectivity index (χ2v) is 18.6. The van der Waals surface area contributed by atoms with E-state index in [1.807, 2.05) is 10.9 Å². The number of hydrogen-bond donors (Lipinski definition) is 0. The quantitative estimate of drug-likeness (QED) is 0.451. The van der Waals surface area contributed by atoms with Crippen LogP contribution in [0.4, 0.5) is 0 Å². The molecule has 0 amide bonds. The van der Waals surface area contributed by atoms with Crippen LogP contribution >= 0.6 is 0 Å². The highest BCUT2D eigenvalue weighted by atomic mass is 28.3. The van der Waals surface area contributed by atoms with Crippen LogP contribution in [-0.2, 0) is 11.5 Å². The number of aromatic nitrogens is 2. The first kappa shape index (κ1) is 18.0. The van der Waals surface area contributed by atoms with Gasteiger partial charge in [0, 0.05) is 25.6 Å². The maximum atomic E-state index is 5.80. The van der Waals surface area contributed by atoms with Crippen molar-refractivity contribution >= 4 is 27.1 Å². The largest absolute Gasteiger partial charge is 0.360 e. The third kappa shape index (κ3) is 5.98. The molecule has 0 unspecified atom stereocenters. The van der Waals surface area contributed by atoms with Crippen molar-refractivity contribution < 1.29 is 4.74 Å². The first-order chi connectivity index (χ1) is 10.6. The minimum Gasteiger partial charge on any atom is -0.360 e. The molecule has 2 rings (SSSR count). The molecule has 0 spiro atoms. The van der Waals surface area contributed by atoms with Crippen molar-refractivity contribution in [1.29, 1.82) is 0 Å². The van der Waals surface area contributed by atoms with Crippen LogP contribution in [0.2, 0.25) is 45.3 Å². The third-order valence-corrected chi connectivity index (χ3v) is 6.01. The van der Waals surface area contributed by atoms with Gasteiger partial charge in [-0.1, -0.05) is 45.2 Å². The van der Waals surface area contributed by atoms with Gasteiger partial charge in [0.2, 0.25) is 0 Å². The van der Waals surface area contributed by atoms with E-state index in [9.17, 15) is 0 Å². The van der Waals surface area contributed by atoms with Gasteiger partial charge in [0.05, 0.1) is 11.7 Å². The monoisotopic (exact) mass is 344 g/mol. The van der Waals surface area contributed by atoms with Crippen molar-refractivity contribution in [3.05, 3.63) is 30.0 Å². The Hall–Kier alpha value is -1.36. The second-order valence-electron chi connectivity index (χ2n) is 8.27. The lowest BCUT2D eigenvalue weighted by Crippen LogP contribution is -2.22. The average Bonchev–Trinajstić information content (AvgIpc) is 2.82. The third-order valence-electron chi connectivity index (χ3n) is 3.43. The Labute approximate surface area is 142 Å². The maximum Gasteiger partial charge on any atom is 0.139 e. The first-order valence-electron chi connectivity index (χ1n) is 8.21.